The molecule has 0 saturated carbocycles. The Morgan fingerprint density at radius 2 is 2.29 bits per heavy atom. The van der Waals surface area contributed by atoms with Gasteiger partial charge in [-0.2, -0.15) is 5.10 Å². The smallest absolute Gasteiger partial charge is 0.277 e. The summed E-state index contributed by atoms with van der Waals surface area (Å²) in [4.78, 5) is 11.8. The van der Waals surface area contributed by atoms with Crippen LogP contribution in [0.4, 0.5) is 0 Å². The topological polar surface area (TPSA) is 89.9 Å². The number of carbonyl (C=O) groups excluding carboxylic acids is 1. The van der Waals surface area contributed by atoms with Gasteiger partial charge in [0.05, 0.1) is 24.2 Å². The van der Waals surface area contributed by atoms with Crippen molar-refractivity contribution in [2.75, 3.05) is 6.61 Å². The maximum Gasteiger partial charge on any atom is 0.277 e. The highest BCUT2D eigenvalue weighted by molar-refractivity contribution is 5.81. The lowest BCUT2D eigenvalue weighted by molar-refractivity contribution is -0.123. The SMILES string of the molecule is Cc1ccc(OCC(=O)N/N=C/c2ccco2)c(-c2ccno2)c1. The van der Waals surface area contributed by atoms with E-state index < -0.39 is 0 Å². The Morgan fingerprint density at radius 3 is 3.04 bits per heavy atom. The third-order valence-electron chi connectivity index (χ3n) is 3.12. The van der Waals surface area contributed by atoms with Gasteiger partial charge in [0.1, 0.15) is 11.5 Å². The second-order valence-corrected chi connectivity index (χ2v) is 4.97. The summed E-state index contributed by atoms with van der Waals surface area (Å²) in [7, 11) is 0. The molecule has 24 heavy (non-hydrogen) atoms. The van der Waals surface area contributed by atoms with Crippen molar-refractivity contribution in [2.45, 2.75) is 6.92 Å². The van der Waals surface area contributed by atoms with E-state index in [1.54, 1.807) is 30.5 Å². The lowest BCUT2D eigenvalue weighted by Gasteiger charge is -2.09. The van der Waals surface area contributed by atoms with Crippen molar-refractivity contribution in [3.63, 3.8) is 0 Å². The van der Waals surface area contributed by atoms with Crippen LogP contribution >= 0.6 is 0 Å². The number of aromatic nitrogens is 1. The van der Waals surface area contributed by atoms with Gasteiger partial charge in [-0.1, -0.05) is 16.8 Å². The number of amides is 1. The molecule has 2 heterocycles. The second-order valence-electron chi connectivity index (χ2n) is 4.97. The highest BCUT2D eigenvalue weighted by atomic mass is 16.5. The maximum absolute atomic E-state index is 11.8. The molecule has 1 aromatic carbocycles. The van der Waals surface area contributed by atoms with Crippen LogP contribution in [0.2, 0.25) is 0 Å². The molecule has 0 aliphatic heterocycles. The number of furan rings is 1. The van der Waals surface area contributed by atoms with E-state index in [1.165, 1.54) is 12.5 Å². The molecule has 2 aromatic heterocycles. The average Bonchev–Trinajstić information content (AvgIpc) is 3.27. The largest absolute Gasteiger partial charge is 0.483 e. The standard InChI is InChI=1S/C17H15N3O4/c1-12-4-5-15(14(9-12)16-6-7-19-24-16)23-11-17(21)20-18-10-13-3-2-8-22-13/h2-10H,11H2,1H3,(H,20,21)/b18-10+. The van der Waals surface area contributed by atoms with Gasteiger partial charge in [-0.05, 0) is 31.2 Å². The predicted octanol–water partition coefficient (Wildman–Crippen LogP) is 2.77. The fourth-order valence-electron chi connectivity index (χ4n) is 2.03. The number of hydrazone groups is 1. The first-order valence-corrected chi connectivity index (χ1v) is 7.22. The number of aryl methyl sites for hydroxylation is 1. The number of hydrogen-bond donors (Lipinski definition) is 1. The first kappa shape index (κ1) is 15.5. The summed E-state index contributed by atoms with van der Waals surface area (Å²) in [5, 5.41) is 7.48. The van der Waals surface area contributed by atoms with Crippen molar-refractivity contribution in [2.24, 2.45) is 5.10 Å². The van der Waals surface area contributed by atoms with Crippen molar-refractivity contribution in [1.82, 2.24) is 10.6 Å². The minimum absolute atomic E-state index is 0.181. The number of hydrogen-bond acceptors (Lipinski definition) is 6. The molecular weight excluding hydrogens is 310 g/mol. The minimum atomic E-state index is -0.387. The van der Waals surface area contributed by atoms with Crippen LogP contribution in [0.15, 0.2) is 62.9 Å². The van der Waals surface area contributed by atoms with Gasteiger partial charge in [0.15, 0.2) is 12.4 Å². The van der Waals surface area contributed by atoms with E-state index in [1.807, 2.05) is 19.1 Å². The Kier molecular flexibility index (Phi) is 4.71. The first-order valence-electron chi connectivity index (χ1n) is 7.22. The van der Waals surface area contributed by atoms with Crippen molar-refractivity contribution in [3.8, 4) is 17.1 Å². The maximum atomic E-state index is 11.8. The van der Waals surface area contributed by atoms with Gasteiger partial charge in [0, 0.05) is 6.07 Å². The zero-order valence-corrected chi connectivity index (χ0v) is 12.9. The summed E-state index contributed by atoms with van der Waals surface area (Å²) < 4.78 is 15.8. The molecule has 0 fully saturated rings. The van der Waals surface area contributed by atoms with E-state index in [9.17, 15) is 4.79 Å². The average molecular weight is 325 g/mol. The highest BCUT2D eigenvalue weighted by Crippen LogP contribution is 2.30. The number of ether oxygens (including phenoxy) is 1. The van der Waals surface area contributed by atoms with Gasteiger partial charge in [-0.3, -0.25) is 4.79 Å². The molecule has 1 amide bonds. The van der Waals surface area contributed by atoms with E-state index >= 15 is 0 Å². The number of rotatable bonds is 6. The lowest BCUT2D eigenvalue weighted by atomic mass is 10.1. The summed E-state index contributed by atoms with van der Waals surface area (Å²) in [6.07, 6.45) is 4.48. The van der Waals surface area contributed by atoms with Crippen LogP contribution in [-0.2, 0) is 4.79 Å². The molecule has 0 aliphatic rings. The summed E-state index contributed by atoms with van der Waals surface area (Å²) in [6.45, 7) is 1.78. The third-order valence-corrected chi connectivity index (χ3v) is 3.12. The summed E-state index contributed by atoms with van der Waals surface area (Å²) >= 11 is 0. The van der Waals surface area contributed by atoms with Crippen LogP contribution < -0.4 is 10.2 Å². The fourth-order valence-corrected chi connectivity index (χ4v) is 2.03. The highest BCUT2D eigenvalue weighted by Gasteiger charge is 2.11. The fraction of sp³-hybridized carbons (Fsp3) is 0.118. The summed E-state index contributed by atoms with van der Waals surface area (Å²) in [5.41, 5.74) is 4.14. The Bertz CT molecular complexity index is 824. The van der Waals surface area contributed by atoms with E-state index in [0.717, 1.165) is 11.1 Å². The predicted molar refractivity (Wildman–Crippen MR) is 86.6 cm³/mol. The molecule has 0 bridgehead atoms. The Hall–Kier alpha value is -3.35. The van der Waals surface area contributed by atoms with Gasteiger partial charge < -0.3 is 13.7 Å². The molecule has 3 rings (SSSR count). The summed E-state index contributed by atoms with van der Waals surface area (Å²) in [6, 6.07) is 10.8. The van der Waals surface area contributed by atoms with Crippen molar-refractivity contribution in [3.05, 3.63) is 60.2 Å². The van der Waals surface area contributed by atoms with Crippen molar-refractivity contribution in [1.29, 1.82) is 0 Å². The Balaban J connectivity index is 1.61. The van der Waals surface area contributed by atoms with E-state index in [4.69, 9.17) is 13.7 Å². The minimum Gasteiger partial charge on any atom is -0.483 e. The molecule has 0 unspecified atom stereocenters. The van der Waals surface area contributed by atoms with Crippen LogP contribution in [-0.4, -0.2) is 23.9 Å². The van der Waals surface area contributed by atoms with Crippen LogP contribution in [0, 0.1) is 6.92 Å². The second kappa shape index (κ2) is 7.28. The number of nitrogens with zero attached hydrogens (tertiary/aromatic N) is 2. The van der Waals surface area contributed by atoms with E-state index in [0.29, 0.717) is 17.3 Å². The van der Waals surface area contributed by atoms with Crippen LogP contribution in [0.1, 0.15) is 11.3 Å². The molecule has 0 atom stereocenters. The molecule has 7 heteroatoms. The summed E-state index contributed by atoms with van der Waals surface area (Å²) in [5.74, 6) is 1.26. The van der Waals surface area contributed by atoms with Gasteiger partial charge in [-0.25, -0.2) is 5.43 Å². The Labute approximate surface area is 137 Å². The van der Waals surface area contributed by atoms with E-state index in [-0.39, 0.29) is 12.5 Å². The lowest BCUT2D eigenvalue weighted by Crippen LogP contribution is -2.24. The zero-order valence-electron chi connectivity index (χ0n) is 12.9. The molecule has 0 saturated heterocycles. The van der Waals surface area contributed by atoms with Crippen molar-refractivity contribution < 1.29 is 18.5 Å². The Morgan fingerprint density at radius 1 is 1.38 bits per heavy atom. The normalized spacial score (nSPS) is 10.9. The molecule has 122 valence electrons. The van der Waals surface area contributed by atoms with Gasteiger partial charge in [0.25, 0.3) is 5.91 Å². The molecule has 1 N–H and O–H groups in total. The molecule has 0 spiro atoms. The van der Waals surface area contributed by atoms with Crippen LogP contribution in [0.5, 0.6) is 5.75 Å². The van der Waals surface area contributed by atoms with Gasteiger partial charge in [0.2, 0.25) is 0 Å². The van der Waals surface area contributed by atoms with Crippen LogP contribution in [0.3, 0.4) is 0 Å². The number of nitrogens with one attached hydrogen (secondary N) is 1. The molecule has 0 radical (unpaired) electrons. The number of carbonyl (C=O) groups is 1. The molecular formula is C17H15N3O4. The first-order chi connectivity index (χ1) is 11.7. The van der Waals surface area contributed by atoms with Gasteiger partial charge in [-0.15, -0.1) is 0 Å². The third kappa shape index (κ3) is 3.89. The van der Waals surface area contributed by atoms with Crippen molar-refractivity contribution >= 4 is 12.1 Å². The quantitative estimate of drug-likeness (QED) is 0.556. The van der Waals surface area contributed by atoms with Gasteiger partial charge >= 0.3 is 0 Å². The molecule has 0 aliphatic carbocycles. The zero-order chi connectivity index (χ0) is 16.8. The number of benzene rings is 1. The monoisotopic (exact) mass is 325 g/mol. The molecule has 7 nitrogen and oxygen atoms in total. The van der Waals surface area contributed by atoms with E-state index in [2.05, 4.69) is 15.7 Å². The van der Waals surface area contributed by atoms with Crippen LogP contribution in [0.25, 0.3) is 11.3 Å². The molecule has 3 aromatic rings.